The van der Waals surface area contributed by atoms with Crippen molar-refractivity contribution in [2.75, 3.05) is 19.5 Å². The van der Waals surface area contributed by atoms with Crippen LogP contribution in [0.4, 0.5) is 5.82 Å². The van der Waals surface area contributed by atoms with Crippen molar-refractivity contribution in [2.24, 2.45) is 0 Å². The molecule has 0 spiro atoms. The Morgan fingerprint density at radius 3 is 2.54 bits per heavy atom. The molecule has 3 aromatic rings. The Morgan fingerprint density at radius 2 is 1.83 bits per heavy atom. The predicted molar refractivity (Wildman–Crippen MR) is 94.5 cm³/mol. The first-order chi connectivity index (χ1) is 11.5. The Labute approximate surface area is 141 Å². The number of nitrogens with two attached hydrogens (primary N) is 1. The number of pyridine rings is 2. The third kappa shape index (κ3) is 3.05. The second kappa shape index (κ2) is 6.49. The van der Waals surface area contributed by atoms with Gasteiger partial charge in [-0.3, -0.25) is 9.97 Å². The molecular weight excluding hydrogens is 302 g/mol. The summed E-state index contributed by atoms with van der Waals surface area (Å²) in [7, 11) is 1.70. The van der Waals surface area contributed by atoms with Crippen LogP contribution in [-0.2, 0) is 10.2 Å². The van der Waals surface area contributed by atoms with Crippen LogP contribution in [0.1, 0.15) is 25.8 Å². The summed E-state index contributed by atoms with van der Waals surface area (Å²) in [5, 5.41) is 0.865. The van der Waals surface area contributed by atoms with Crippen molar-refractivity contribution in [3.8, 4) is 11.4 Å². The largest absolute Gasteiger partial charge is 0.385 e. The van der Waals surface area contributed by atoms with Crippen LogP contribution < -0.4 is 5.73 Å². The molecular formula is C18H21N5O. The number of hydrogen-bond donors (Lipinski definition) is 1. The maximum Gasteiger partial charge on any atom is 0.162 e. The summed E-state index contributed by atoms with van der Waals surface area (Å²) in [6.07, 6.45) is 7.86. The Morgan fingerprint density at radius 1 is 1.08 bits per heavy atom. The number of ether oxygens (including phenoxy) is 1. The van der Waals surface area contributed by atoms with Crippen LogP contribution >= 0.6 is 0 Å². The molecule has 0 amide bonds. The topological polar surface area (TPSA) is 86.8 Å². The predicted octanol–water partition coefficient (Wildman–Crippen LogP) is 2.98. The number of fused-ring (bicyclic) bond motifs is 1. The zero-order valence-electron chi connectivity index (χ0n) is 14.2. The molecule has 0 aromatic carbocycles. The molecule has 124 valence electrons. The van der Waals surface area contributed by atoms with Gasteiger partial charge in [0.15, 0.2) is 5.82 Å². The van der Waals surface area contributed by atoms with Crippen LogP contribution in [0.5, 0.6) is 0 Å². The lowest BCUT2D eigenvalue weighted by Gasteiger charge is -2.26. The van der Waals surface area contributed by atoms with Gasteiger partial charge < -0.3 is 10.5 Å². The van der Waals surface area contributed by atoms with Crippen LogP contribution in [-0.4, -0.2) is 33.7 Å². The summed E-state index contributed by atoms with van der Waals surface area (Å²) in [4.78, 5) is 17.5. The summed E-state index contributed by atoms with van der Waals surface area (Å²) in [5.74, 6) is 1.05. The van der Waals surface area contributed by atoms with Crippen molar-refractivity contribution >= 4 is 16.7 Å². The second-order valence-electron chi connectivity index (χ2n) is 6.38. The molecule has 0 aliphatic heterocycles. The third-order valence-corrected chi connectivity index (χ3v) is 4.23. The fourth-order valence-electron chi connectivity index (χ4n) is 2.75. The number of nitrogens with zero attached hydrogens (tertiary/aromatic N) is 4. The lowest BCUT2D eigenvalue weighted by Crippen LogP contribution is -2.21. The van der Waals surface area contributed by atoms with Gasteiger partial charge >= 0.3 is 0 Å². The Kier molecular flexibility index (Phi) is 4.40. The van der Waals surface area contributed by atoms with Gasteiger partial charge in [0, 0.05) is 43.3 Å². The minimum Gasteiger partial charge on any atom is -0.385 e. The summed E-state index contributed by atoms with van der Waals surface area (Å²) in [6.45, 7) is 4.97. The van der Waals surface area contributed by atoms with Crippen molar-refractivity contribution in [1.29, 1.82) is 0 Å². The first-order valence-electron chi connectivity index (χ1n) is 7.84. The normalized spacial score (nSPS) is 11.8. The second-order valence-corrected chi connectivity index (χ2v) is 6.38. The van der Waals surface area contributed by atoms with E-state index < -0.39 is 0 Å². The molecule has 6 heteroatoms. The minimum atomic E-state index is -0.141. The molecule has 3 rings (SSSR count). The fourth-order valence-corrected chi connectivity index (χ4v) is 2.75. The summed E-state index contributed by atoms with van der Waals surface area (Å²) >= 11 is 0. The van der Waals surface area contributed by atoms with Gasteiger partial charge in [0.05, 0.1) is 11.7 Å². The standard InChI is InChI=1S/C18H21N5O/c1-18(2,6-9-24-3)13-10-21-11-14-15(13)16(19)23-17(22-14)12-4-7-20-8-5-12/h4-5,7-8,10-11H,6,9H2,1-3H3,(H2,19,22,23). The lowest BCUT2D eigenvalue weighted by molar-refractivity contribution is 0.175. The zero-order valence-corrected chi connectivity index (χ0v) is 14.2. The Hall–Kier alpha value is -2.60. The van der Waals surface area contributed by atoms with E-state index in [1.807, 2.05) is 18.3 Å². The van der Waals surface area contributed by atoms with Crippen molar-refractivity contribution in [3.63, 3.8) is 0 Å². The van der Waals surface area contributed by atoms with Gasteiger partial charge in [-0.15, -0.1) is 0 Å². The van der Waals surface area contributed by atoms with Crippen molar-refractivity contribution in [3.05, 3.63) is 42.5 Å². The van der Waals surface area contributed by atoms with Crippen LogP contribution in [0, 0.1) is 0 Å². The molecule has 0 radical (unpaired) electrons. The molecule has 3 heterocycles. The molecule has 0 bridgehead atoms. The average Bonchev–Trinajstić information content (AvgIpc) is 2.60. The van der Waals surface area contributed by atoms with Crippen molar-refractivity contribution in [2.45, 2.75) is 25.7 Å². The molecule has 2 N–H and O–H groups in total. The maximum absolute atomic E-state index is 6.29. The van der Waals surface area contributed by atoms with E-state index in [1.54, 1.807) is 25.7 Å². The molecule has 0 aliphatic rings. The van der Waals surface area contributed by atoms with Crippen LogP contribution in [0.3, 0.4) is 0 Å². The highest BCUT2D eigenvalue weighted by Gasteiger charge is 2.25. The monoisotopic (exact) mass is 323 g/mol. The van der Waals surface area contributed by atoms with Crippen molar-refractivity contribution in [1.82, 2.24) is 19.9 Å². The van der Waals surface area contributed by atoms with E-state index >= 15 is 0 Å². The van der Waals surface area contributed by atoms with E-state index in [1.165, 1.54) is 0 Å². The van der Waals surface area contributed by atoms with Crippen molar-refractivity contribution < 1.29 is 4.74 Å². The van der Waals surface area contributed by atoms with E-state index in [9.17, 15) is 0 Å². The van der Waals surface area contributed by atoms with Gasteiger partial charge in [-0.05, 0) is 29.5 Å². The Bertz CT molecular complexity index is 849. The van der Waals surface area contributed by atoms with E-state index in [0.717, 1.165) is 28.5 Å². The average molecular weight is 323 g/mol. The van der Waals surface area contributed by atoms with E-state index in [0.29, 0.717) is 18.2 Å². The SMILES string of the molecule is COCCC(C)(C)c1cncc2nc(-c3ccncc3)nc(N)c12. The molecule has 24 heavy (non-hydrogen) atoms. The molecule has 0 aliphatic carbocycles. The molecule has 6 nitrogen and oxygen atoms in total. The van der Waals surface area contributed by atoms with Gasteiger partial charge in [0.2, 0.25) is 0 Å². The van der Waals surface area contributed by atoms with Gasteiger partial charge in [0.1, 0.15) is 5.82 Å². The molecule has 0 unspecified atom stereocenters. The van der Waals surface area contributed by atoms with Gasteiger partial charge in [-0.1, -0.05) is 13.8 Å². The highest BCUT2D eigenvalue weighted by Crippen LogP contribution is 2.34. The zero-order chi connectivity index (χ0) is 17.2. The van der Waals surface area contributed by atoms with Gasteiger partial charge in [0.25, 0.3) is 0 Å². The highest BCUT2D eigenvalue weighted by molar-refractivity contribution is 5.92. The maximum atomic E-state index is 6.29. The molecule has 0 fully saturated rings. The molecule has 3 aromatic heterocycles. The van der Waals surface area contributed by atoms with Crippen LogP contribution in [0.15, 0.2) is 36.9 Å². The molecule has 0 saturated carbocycles. The number of nitrogen functional groups attached to an aromatic ring is 1. The lowest BCUT2D eigenvalue weighted by atomic mass is 9.81. The summed E-state index contributed by atoms with van der Waals surface area (Å²) in [6, 6.07) is 3.72. The number of anilines is 1. The smallest absolute Gasteiger partial charge is 0.162 e. The Balaban J connectivity index is 2.15. The van der Waals surface area contributed by atoms with Gasteiger partial charge in [-0.2, -0.15) is 0 Å². The van der Waals surface area contributed by atoms with Gasteiger partial charge in [-0.25, -0.2) is 9.97 Å². The van der Waals surface area contributed by atoms with E-state index in [4.69, 9.17) is 10.5 Å². The van der Waals surface area contributed by atoms with Crippen LogP contribution in [0.2, 0.25) is 0 Å². The summed E-state index contributed by atoms with van der Waals surface area (Å²) < 4.78 is 5.23. The van der Waals surface area contributed by atoms with Crippen LogP contribution in [0.25, 0.3) is 22.3 Å². The highest BCUT2D eigenvalue weighted by atomic mass is 16.5. The quantitative estimate of drug-likeness (QED) is 0.776. The number of aromatic nitrogens is 4. The first kappa shape index (κ1) is 16.3. The summed E-state index contributed by atoms with van der Waals surface area (Å²) in [5.41, 5.74) is 8.82. The first-order valence-corrected chi connectivity index (χ1v) is 7.84. The van der Waals surface area contributed by atoms with E-state index in [-0.39, 0.29) is 5.41 Å². The third-order valence-electron chi connectivity index (χ3n) is 4.23. The van der Waals surface area contributed by atoms with E-state index in [2.05, 4.69) is 33.8 Å². The molecule has 0 atom stereocenters. The fraction of sp³-hybridized carbons (Fsp3) is 0.333. The minimum absolute atomic E-state index is 0.141. The number of hydrogen-bond acceptors (Lipinski definition) is 6. The molecule has 0 saturated heterocycles. The number of rotatable bonds is 5. The number of methoxy groups -OCH3 is 1.